The highest BCUT2D eigenvalue weighted by molar-refractivity contribution is 7.19. The highest BCUT2D eigenvalue weighted by Gasteiger charge is 2.16. The van der Waals surface area contributed by atoms with Gasteiger partial charge in [0.2, 0.25) is 0 Å². The second-order valence-electron chi connectivity index (χ2n) is 4.92. The molecule has 0 radical (unpaired) electrons. The molecule has 2 aromatic heterocycles. The van der Waals surface area contributed by atoms with E-state index >= 15 is 0 Å². The molecule has 3 nitrogen and oxygen atoms in total. The Morgan fingerprint density at radius 2 is 1.90 bits per heavy atom. The first-order valence-corrected chi connectivity index (χ1v) is 7.49. The van der Waals surface area contributed by atoms with Crippen LogP contribution in [0.15, 0.2) is 35.4 Å². The predicted octanol–water partition coefficient (Wildman–Crippen LogP) is 3.76. The largest absolute Gasteiger partial charge is 0.299 e. The topological polar surface area (TPSA) is 34.9 Å². The number of benzene rings is 1. The van der Waals surface area contributed by atoms with E-state index in [1.54, 1.807) is 22.2 Å². The Balaban J connectivity index is 2.37. The second-order valence-corrected chi connectivity index (χ2v) is 6.12. The maximum Gasteiger partial charge on any atom is 0.262 e. The Bertz CT molecular complexity index is 828. The van der Waals surface area contributed by atoms with E-state index in [-0.39, 0.29) is 5.56 Å². The standard InChI is InChI=1S/C16H16N2OS/c1-4-18-9-17-15-14(16(18)19)13(11(3)20-15)12-7-5-10(2)6-8-12/h5-9H,4H2,1-3H3. The number of fused-ring (bicyclic) bond motifs is 1. The van der Waals surface area contributed by atoms with Gasteiger partial charge in [0.1, 0.15) is 4.83 Å². The van der Waals surface area contributed by atoms with Crippen molar-refractivity contribution in [1.82, 2.24) is 9.55 Å². The summed E-state index contributed by atoms with van der Waals surface area (Å²) in [6.45, 7) is 6.72. The molecule has 3 aromatic rings. The van der Waals surface area contributed by atoms with Crippen LogP contribution in [-0.4, -0.2) is 9.55 Å². The van der Waals surface area contributed by atoms with Crippen molar-refractivity contribution < 1.29 is 0 Å². The number of thiophene rings is 1. The Kier molecular flexibility index (Phi) is 3.18. The van der Waals surface area contributed by atoms with Gasteiger partial charge in [-0.3, -0.25) is 9.36 Å². The normalized spacial score (nSPS) is 11.2. The minimum absolute atomic E-state index is 0.0532. The van der Waals surface area contributed by atoms with Gasteiger partial charge in [-0.25, -0.2) is 4.98 Å². The second kappa shape index (κ2) is 4.87. The summed E-state index contributed by atoms with van der Waals surface area (Å²) >= 11 is 1.59. The summed E-state index contributed by atoms with van der Waals surface area (Å²) in [4.78, 5) is 19.0. The molecule has 0 amide bonds. The minimum atomic E-state index is 0.0532. The number of rotatable bonds is 2. The smallest absolute Gasteiger partial charge is 0.262 e. The number of hydrogen-bond acceptors (Lipinski definition) is 3. The third-order valence-electron chi connectivity index (χ3n) is 3.54. The van der Waals surface area contributed by atoms with Gasteiger partial charge in [0.25, 0.3) is 5.56 Å². The summed E-state index contributed by atoms with van der Waals surface area (Å²) in [6, 6.07) is 8.30. The third kappa shape index (κ3) is 1.96. The lowest BCUT2D eigenvalue weighted by Crippen LogP contribution is -2.19. The maximum atomic E-state index is 12.6. The molecule has 0 aliphatic carbocycles. The molecule has 1 aromatic carbocycles. The van der Waals surface area contributed by atoms with Crippen LogP contribution in [0.3, 0.4) is 0 Å². The molecule has 0 aliphatic rings. The van der Waals surface area contributed by atoms with Crippen molar-refractivity contribution in [3.63, 3.8) is 0 Å². The molecule has 0 fully saturated rings. The molecule has 0 atom stereocenters. The van der Waals surface area contributed by atoms with Gasteiger partial charge in [0, 0.05) is 17.0 Å². The fourth-order valence-corrected chi connectivity index (χ4v) is 3.43. The van der Waals surface area contributed by atoms with Crippen molar-refractivity contribution in [1.29, 1.82) is 0 Å². The predicted molar refractivity (Wildman–Crippen MR) is 84.5 cm³/mol. The zero-order chi connectivity index (χ0) is 14.3. The average molecular weight is 284 g/mol. The molecule has 0 N–H and O–H groups in total. The Morgan fingerprint density at radius 3 is 2.55 bits per heavy atom. The first-order chi connectivity index (χ1) is 9.61. The summed E-state index contributed by atoms with van der Waals surface area (Å²) in [5.74, 6) is 0. The fourth-order valence-electron chi connectivity index (χ4n) is 2.43. The lowest BCUT2D eigenvalue weighted by molar-refractivity contribution is 0.718. The van der Waals surface area contributed by atoms with Gasteiger partial charge in [0.05, 0.1) is 11.7 Å². The van der Waals surface area contributed by atoms with Gasteiger partial charge in [-0.05, 0) is 26.3 Å². The van der Waals surface area contributed by atoms with Gasteiger partial charge < -0.3 is 0 Å². The van der Waals surface area contributed by atoms with Crippen molar-refractivity contribution in [2.75, 3.05) is 0 Å². The van der Waals surface area contributed by atoms with Crippen LogP contribution in [0, 0.1) is 13.8 Å². The zero-order valence-corrected chi connectivity index (χ0v) is 12.6. The first kappa shape index (κ1) is 13.1. The number of aryl methyl sites for hydroxylation is 3. The minimum Gasteiger partial charge on any atom is -0.299 e. The van der Waals surface area contributed by atoms with E-state index in [0.29, 0.717) is 6.54 Å². The van der Waals surface area contributed by atoms with Gasteiger partial charge in [-0.15, -0.1) is 11.3 Å². The van der Waals surface area contributed by atoms with Crippen molar-refractivity contribution >= 4 is 21.6 Å². The Labute approximate surface area is 121 Å². The van der Waals surface area contributed by atoms with E-state index in [2.05, 4.69) is 43.1 Å². The van der Waals surface area contributed by atoms with Gasteiger partial charge in [0.15, 0.2) is 0 Å². The lowest BCUT2D eigenvalue weighted by atomic mass is 10.0. The summed E-state index contributed by atoms with van der Waals surface area (Å²) in [6.07, 6.45) is 1.64. The van der Waals surface area contributed by atoms with E-state index < -0.39 is 0 Å². The van der Waals surface area contributed by atoms with E-state index in [1.807, 2.05) is 6.92 Å². The highest BCUT2D eigenvalue weighted by atomic mass is 32.1. The molecular weight excluding hydrogens is 268 g/mol. The summed E-state index contributed by atoms with van der Waals surface area (Å²) in [5, 5.41) is 0.751. The molecule has 0 saturated carbocycles. The molecule has 0 saturated heterocycles. The van der Waals surface area contributed by atoms with Crippen molar-refractivity contribution in [3.05, 3.63) is 51.4 Å². The molecule has 0 spiro atoms. The monoisotopic (exact) mass is 284 g/mol. The molecule has 2 heterocycles. The van der Waals surface area contributed by atoms with Crippen LogP contribution in [0.25, 0.3) is 21.3 Å². The molecule has 0 unspecified atom stereocenters. The molecule has 0 aliphatic heterocycles. The maximum absolute atomic E-state index is 12.6. The Morgan fingerprint density at radius 1 is 1.20 bits per heavy atom. The lowest BCUT2D eigenvalue weighted by Gasteiger charge is -2.04. The van der Waals surface area contributed by atoms with Crippen molar-refractivity contribution in [2.24, 2.45) is 0 Å². The van der Waals surface area contributed by atoms with Crippen LogP contribution in [0.5, 0.6) is 0 Å². The van der Waals surface area contributed by atoms with E-state index in [9.17, 15) is 4.79 Å². The molecule has 0 bridgehead atoms. The van der Waals surface area contributed by atoms with E-state index in [4.69, 9.17) is 0 Å². The van der Waals surface area contributed by atoms with Crippen LogP contribution >= 0.6 is 11.3 Å². The highest BCUT2D eigenvalue weighted by Crippen LogP contribution is 2.35. The van der Waals surface area contributed by atoms with Crippen molar-refractivity contribution in [3.8, 4) is 11.1 Å². The summed E-state index contributed by atoms with van der Waals surface area (Å²) in [5.41, 5.74) is 3.39. The molecule has 102 valence electrons. The average Bonchev–Trinajstić information content (AvgIpc) is 2.77. The van der Waals surface area contributed by atoms with Crippen LogP contribution in [0.1, 0.15) is 17.4 Å². The molecule has 4 heteroatoms. The van der Waals surface area contributed by atoms with Crippen molar-refractivity contribution in [2.45, 2.75) is 27.3 Å². The molecule has 3 rings (SSSR count). The molecule has 20 heavy (non-hydrogen) atoms. The quantitative estimate of drug-likeness (QED) is 0.718. The van der Waals surface area contributed by atoms with Gasteiger partial charge in [-0.2, -0.15) is 0 Å². The van der Waals surface area contributed by atoms with Crippen LogP contribution in [0.4, 0.5) is 0 Å². The Hall–Kier alpha value is -1.94. The van der Waals surface area contributed by atoms with Gasteiger partial charge >= 0.3 is 0 Å². The summed E-state index contributed by atoms with van der Waals surface area (Å²) in [7, 11) is 0. The van der Waals surface area contributed by atoms with Crippen LogP contribution in [-0.2, 0) is 6.54 Å². The summed E-state index contributed by atoms with van der Waals surface area (Å²) < 4.78 is 1.66. The first-order valence-electron chi connectivity index (χ1n) is 6.67. The van der Waals surface area contributed by atoms with Gasteiger partial charge in [-0.1, -0.05) is 29.8 Å². The number of hydrogen-bond donors (Lipinski definition) is 0. The molecular formula is C16H16N2OS. The van der Waals surface area contributed by atoms with Crippen LogP contribution in [0.2, 0.25) is 0 Å². The van der Waals surface area contributed by atoms with E-state index in [0.717, 1.165) is 26.2 Å². The number of nitrogens with zero attached hydrogens (tertiary/aromatic N) is 2. The third-order valence-corrected chi connectivity index (χ3v) is 4.55. The fraction of sp³-hybridized carbons (Fsp3) is 0.250. The number of aromatic nitrogens is 2. The van der Waals surface area contributed by atoms with Crippen LogP contribution < -0.4 is 5.56 Å². The zero-order valence-electron chi connectivity index (χ0n) is 11.8. The van der Waals surface area contributed by atoms with E-state index in [1.165, 1.54) is 5.56 Å². The SMILES string of the molecule is CCn1cnc2sc(C)c(-c3ccc(C)cc3)c2c1=O.